The van der Waals surface area contributed by atoms with Crippen LogP contribution in [0.15, 0.2) is 36.4 Å². The molecule has 2 N–H and O–H groups in total. The second-order valence-corrected chi connectivity index (χ2v) is 5.50. The minimum Gasteiger partial charge on any atom is -0.477 e. The lowest BCUT2D eigenvalue weighted by Crippen LogP contribution is -1.95. The fraction of sp³-hybridized carbons (Fsp3) is 0.133. The molecule has 2 aromatic rings. The minimum atomic E-state index is -1.03. The van der Waals surface area contributed by atoms with Gasteiger partial charge in [-0.15, -0.1) is 0 Å². The third kappa shape index (κ3) is 4.32. The van der Waals surface area contributed by atoms with Crippen molar-refractivity contribution in [3.63, 3.8) is 0 Å². The first-order chi connectivity index (χ1) is 10.1. The molecule has 0 saturated heterocycles. The smallest absolute Gasteiger partial charge is 0.353 e. The molecule has 5 nitrogen and oxygen atoms in total. The molecule has 0 saturated carbocycles. The Labute approximate surface area is 126 Å². The monoisotopic (exact) mass is 302 g/mol. The van der Waals surface area contributed by atoms with Crippen molar-refractivity contribution in [2.45, 2.75) is 6.92 Å². The lowest BCUT2D eigenvalue weighted by molar-refractivity contribution is -0.109. The molecular formula is C15H14N2O3S. The average Bonchev–Trinajstić information content (AvgIpc) is 2.94. The lowest BCUT2D eigenvalue weighted by atomic mass is 10.1. The van der Waals surface area contributed by atoms with Gasteiger partial charge in [0.05, 0.1) is 5.69 Å². The number of nitrogens with zero attached hydrogens (tertiary/aromatic N) is 1. The number of thioether (sulfide) groups is 1. The summed E-state index contributed by atoms with van der Waals surface area (Å²) in [6, 6.07) is 9.08. The van der Waals surface area contributed by atoms with Crippen LogP contribution in [0, 0.1) is 0 Å². The molecule has 0 spiro atoms. The predicted molar refractivity (Wildman–Crippen MR) is 83.2 cm³/mol. The molecule has 0 aliphatic rings. The Hall–Kier alpha value is -2.34. The topological polar surface area (TPSA) is 83.0 Å². The van der Waals surface area contributed by atoms with Gasteiger partial charge in [-0.25, -0.2) is 4.79 Å². The zero-order chi connectivity index (χ0) is 15.2. The summed E-state index contributed by atoms with van der Waals surface area (Å²) in [6.07, 6.45) is 3.87. The second kappa shape index (κ2) is 6.90. The number of hydrogen-bond acceptors (Lipinski definition) is 4. The molecule has 0 amide bonds. The predicted octanol–water partition coefficient (Wildman–Crippen LogP) is 3.07. The first kappa shape index (κ1) is 15.1. The number of aromatic amines is 1. The van der Waals surface area contributed by atoms with Gasteiger partial charge in [-0.2, -0.15) is 5.10 Å². The number of rotatable bonds is 5. The van der Waals surface area contributed by atoms with Gasteiger partial charge in [-0.05, 0) is 11.6 Å². The summed E-state index contributed by atoms with van der Waals surface area (Å²) in [7, 11) is 0. The van der Waals surface area contributed by atoms with E-state index in [1.165, 1.54) is 17.8 Å². The molecule has 0 aliphatic carbocycles. The van der Waals surface area contributed by atoms with Crippen LogP contribution < -0.4 is 0 Å². The first-order valence-corrected chi connectivity index (χ1v) is 7.24. The van der Waals surface area contributed by atoms with Crippen molar-refractivity contribution in [2.75, 3.05) is 5.75 Å². The quantitative estimate of drug-likeness (QED) is 0.887. The van der Waals surface area contributed by atoms with Gasteiger partial charge in [0.1, 0.15) is 5.69 Å². The SMILES string of the molecule is CC(=O)SCC=Cc1ccc(-c2cc(C(=O)O)[nH]n2)cc1. The third-order valence-corrected chi connectivity index (χ3v) is 3.47. The molecule has 0 radical (unpaired) electrons. The van der Waals surface area contributed by atoms with Crippen LogP contribution >= 0.6 is 11.8 Å². The van der Waals surface area contributed by atoms with Gasteiger partial charge < -0.3 is 5.11 Å². The van der Waals surface area contributed by atoms with Gasteiger partial charge in [-0.3, -0.25) is 9.89 Å². The molecule has 6 heteroatoms. The van der Waals surface area contributed by atoms with Crippen LogP contribution in [-0.4, -0.2) is 32.1 Å². The number of carboxylic acid groups (broad SMARTS) is 1. The summed E-state index contributed by atoms with van der Waals surface area (Å²) in [5.41, 5.74) is 2.51. The normalized spacial score (nSPS) is 10.9. The van der Waals surface area contributed by atoms with E-state index in [0.717, 1.165) is 11.1 Å². The average molecular weight is 302 g/mol. The maximum Gasteiger partial charge on any atom is 0.353 e. The van der Waals surface area contributed by atoms with Gasteiger partial charge in [0.25, 0.3) is 0 Å². The summed E-state index contributed by atoms with van der Waals surface area (Å²) in [5.74, 6) is -0.380. The van der Waals surface area contributed by atoms with Gasteiger partial charge in [0.2, 0.25) is 0 Å². The fourth-order valence-electron chi connectivity index (χ4n) is 1.69. The number of carbonyl (C=O) groups excluding carboxylic acids is 1. The molecule has 2 rings (SSSR count). The summed E-state index contributed by atoms with van der Waals surface area (Å²) in [4.78, 5) is 21.6. The summed E-state index contributed by atoms with van der Waals surface area (Å²) >= 11 is 1.26. The van der Waals surface area contributed by atoms with Gasteiger partial charge in [0, 0.05) is 18.2 Å². The van der Waals surface area contributed by atoms with E-state index in [-0.39, 0.29) is 10.8 Å². The van der Waals surface area contributed by atoms with Crippen molar-refractivity contribution in [3.05, 3.63) is 47.7 Å². The molecule has 1 aromatic carbocycles. The first-order valence-electron chi connectivity index (χ1n) is 6.25. The highest BCUT2D eigenvalue weighted by molar-refractivity contribution is 8.13. The second-order valence-electron chi connectivity index (χ2n) is 4.30. The van der Waals surface area contributed by atoms with E-state index in [2.05, 4.69) is 10.2 Å². The standard InChI is InChI=1S/C15H14N2O3S/c1-10(18)21-8-2-3-11-4-6-12(7-5-11)13-9-14(15(19)20)17-16-13/h2-7,9H,8H2,1H3,(H,16,17)(H,19,20). The Morgan fingerprint density at radius 1 is 1.33 bits per heavy atom. The van der Waals surface area contributed by atoms with Crippen molar-refractivity contribution in [2.24, 2.45) is 0 Å². The van der Waals surface area contributed by atoms with Gasteiger partial charge >= 0.3 is 5.97 Å². The number of H-pyrrole nitrogens is 1. The number of nitrogens with one attached hydrogen (secondary N) is 1. The number of carboxylic acids is 1. The molecule has 0 aliphatic heterocycles. The summed E-state index contributed by atoms with van der Waals surface area (Å²) in [6.45, 7) is 1.54. The maximum atomic E-state index is 10.8. The Morgan fingerprint density at radius 2 is 2.05 bits per heavy atom. The van der Waals surface area contributed by atoms with Crippen LogP contribution in [0.4, 0.5) is 0 Å². The molecular weight excluding hydrogens is 288 g/mol. The molecule has 1 aromatic heterocycles. The van der Waals surface area contributed by atoms with Crippen molar-refractivity contribution in [3.8, 4) is 11.3 Å². The van der Waals surface area contributed by atoms with Crippen LogP contribution in [0.1, 0.15) is 23.0 Å². The molecule has 108 valence electrons. The summed E-state index contributed by atoms with van der Waals surface area (Å²) < 4.78 is 0. The number of carbonyl (C=O) groups is 2. The fourth-order valence-corrected chi connectivity index (χ4v) is 2.12. The van der Waals surface area contributed by atoms with E-state index in [1.54, 1.807) is 6.92 Å². The Bertz CT molecular complexity index is 674. The van der Waals surface area contributed by atoms with Crippen LogP contribution in [-0.2, 0) is 4.79 Å². The van der Waals surface area contributed by atoms with E-state index >= 15 is 0 Å². The molecule has 0 unspecified atom stereocenters. The zero-order valence-electron chi connectivity index (χ0n) is 11.4. The van der Waals surface area contributed by atoms with Gasteiger partial charge in [-0.1, -0.05) is 48.2 Å². The van der Waals surface area contributed by atoms with E-state index < -0.39 is 5.97 Å². The molecule has 0 fully saturated rings. The molecule has 1 heterocycles. The number of aromatic nitrogens is 2. The van der Waals surface area contributed by atoms with Crippen LogP contribution in [0.25, 0.3) is 17.3 Å². The molecule has 21 heavy (non-hydrogen) atoms. The zero-order valence-corrected chi connectivity index (χ0v) is 12.2. The lowest BCUT2D eigenvalue weighted by Gasteiger charge is -1.97. The highest BCUT2D eigenvalue weighted by atomic mass is 32.2. The van der Waals surface area contributed by atoms with Gasteiger partial charge in [0.15, 0.2) is 5.12 Å². The third-order valence-electron chi connectivity index (χ3n) is 2.71. The van der Waals surface area contributed by atoms with Crippen molar-refractivity contribution < 1.29 is 14.7 Å². The van der Waals surface area contributed by atoms with Crippen LogP contribution in [0.5, 0.6) is 0 Å². The van der Waals surface area contributed by atoms with E-state index in [9.17, 15) is 9.59 Å². The van der Waals surface area contributed by atoms with Crippen molar-refractivity contribution in [1.82, 2.24) is 10.2 Å². The Balaban J connectivity index is 2.04. The molecule has 0 bridgehead atoms. The number of hydrogen-bond donors (Lipinski definition) is 2. The highest BCUT2D eigenvalue weighted by Crippen LogP contribution is 2.19. The van der Waals surface area contributed by atoms with Crippen LogP contribution in [0.2, 0.25) is 0 Å². The largest absolute Gasteiger partial charge is 0.477 e. The minimum absolute atomic E-state index is 0.0650. The van der Waals surface area contributed by atoms with Crippen molar-refractivity contribution >= 4 is 28.9 Å². The molecule has 0 atom stereocenters. The maximum absolute atomic E-state index is 10.8. The number of aromatic carboxylic acids is 1. The highest BCUT2D eigenvalue weighted by Gasteiger charge is 2.08. The van der Waals surface area contributed by atoms with E-state index in [0.29, 0.717) is 11.4 Å². The van der Waals surface area contributed by atoms with Crippen molar-refractivity contribution in [1.29, 1.82) is 0 Å². The number of benzene rings is 1. The van der Waals surface area contributed by atoms with Crippen LogP contribution in [0.3, 0.4) is 0 Å². The Morgan fingerprint density at radius 3 is 2.62 bits per heavy atom. The van der Waals surface area contributed by atoms with E-state index in [4.69, 9.17) is 5.11 Å². The Kier molecular flexibility index (Phi) is 4.94. The van der Waals surface area contributed by atoms with E-state index in [1.807, 2.05) is 36.4 Å². The summed E-state index contributed by atoms with van der Waals surface area (Å²) in [5, 5.41) is 15.4.